The van der Waals surface area contributed by atoms with Crippen LogP contribution >= 0.6 is 0 Å². The van der Waals surface area contributed by atoms with E-state index in [-0.39, 0.29) is 5.41 Å². The van der Waals surface area contributed by atoms with Gasteiger partial charge in [-0.25, -0.2) is 0 Å². The number of allylic oxidation sites excluding steroid dienone is 6. The molecule has 0 saturated carbocycles. The first-order valence-corrected chi connectivity index (χ1v) is 25.1. The van der Waals surface area contributed by atoms with E-state index in [9.17, 15) is 0 Å². The summed E-state index contributed by atoms with van der Waals surface area (Å²) in [6.07, 6.45) is 13.7. The predicted octanol–water partition coefficient (Wildman–Crippen LogP) is 16.6. The fourth-order valence-electron chi connectivity index (χ4n) is 11.8. The molecule has 1 N–H and O–H groups in total. The minimum absolute atomic E-state index is 0.276. The van der Waals surface area contributed by atoms with Crippen molar-refractivity contribution in [2.75, 3.05) is 9.80 Å². The second-order valence-corrected chi connectivity index (χ2v) is 19.7. The molecule has 0 bridgehead atoms. The van der Waals surface area contributed by atoms with E-state index in [0.717, 1.165) is 59.5 Å². The van der Waals surface area contributed by atoms with Crippen molar-refractivity contribution in [1.82, 2.24) is 4.98 Å². The number of aryl methyl sites for hydroxylation is 1. The summed E-state index contributed by atoms with van der Waals surface area (Å²) in [5, 5.41) is 5.03. The lowest BCUT2D eigenvalue weighted by Gasteiger charge is -2.39. The number of aromatic nitrogens is 1. The van der Waals surface area contributed by atoms with E-state index in [0.29, 0.717) is 0 Å². The van der Waals surface area contributed by atoms with Crippen molar-refractivity contribution in [1.29, 1.82) is 0 Å². The molecule has 13 rings (SSSR count). The number of nitrogens with zero attached hydrogens (tertiary/aromatic N) is 2. The van der Waals surface area contributed by atoms with E-state index >= 15 is 0 Å². The molecule has 1 radical (unpaired) electrons. The lowest BCUT2D eigenvalue weighted by molar-refractivity contribution is 0.654. The topological polar surface area (TPSA) is 22.3 Å². The molecule has 2 heterocycles. The number of para-hydroxylation sites is 3. The van der Waals surface area contributed by atoms with E-state index in [2.05, 4.69) is 255 Å². The molecule has 0 atom stereocenters. The monoisotopic (exact) mass is 898 g/mol. The molecule has 0 amide bonds. The molecular formula is C66H53BN3. The van der Waals surface area contributed by atoms with Crippen molar-refractivity contribution in [3.8, 4) is 22.3 Å². The first-order chi connectivity index (χ1) is 34.5. The Labute approximate surface area is 412 Å². The number of hydrogen-bond acceptors (Lipinski definition) is 2. The van der Waals surface area contributed by atoms with Crippen molar-refractivity contribution >= 4 is 90.5 Å². The van der Waals surface area contributed by atoms with Gasteiger partial charge in [0.05, 0.1) is 11.2 Å². The zero-order valence-corrected chi connectivity index (χ0v) is 40.0. The Hall–Kier alpha value is -8.08. The van der Waals surface area contributed by atoms with Crippen LogP contribution in [0.1, 0.15) is 56.7 Å². The fourth-order valence-corrected chi connectivity index (χ4v) is 11.8. The fraction of sp³-hybridized carbons (Fsp3) is 0.121. The molecule has 4 heteroatoms. The zero-order chi connectivity index (χ0) is 46.9. The molecular weight excluding hydrogens is 846 g/mol. The standard InChI is InChI=1S/C66H53BN3/c1-4-5-21-43-34-39-59(53(40-43)44-22-10-6-11-23-44)70-60-41-48(69(46-25-12-7-13-26-46)47-27-14-8-15-28-47)36-37-57(60)67-63-54(42-56-62(65(63)70)51-30-16-9-17-33-55(51)66(56,2)3)50-31-20-32-52-61-49-29-19-18-24-45(49)35-38-58(61)68-64(50)52/h6-8,10-20,22-42,68H,4-5,9,21H2,1-3H3. The van der Waals surface area contributed by atoms with Gasteiger partial charge >= 0.3 is 0 Å². The third-order valence-corrected chi connectivity index (χ3v) is 15.2. The van der Waals surface area contributed by atoms with Crippen molar-refractivity contribution in [2.45, 2.75) is 51.9 Å². The average molecular weight is 899 g/mol. The number of fused-ring (bicyclic) bond motifs is 10. The minimum Gasteiger partial charge on any atom is -0.354 e. The van der Waals surface area contributed by atoms with Crippen LogP contribution in [0, 0.1) is 0 Å². The van der Waals surface area contributed by atoms with Gasteiger partial charge in [-0.2, -0.15) is 0 Å². The third-order valence-electron chi connectivity index (χ3n) is 15.2. The molecule has 10 aromatic rings. The van der Waals surface area contributed by atoms with Gasteiger partial charge in [-0.15, -0.1) is 0 Å². The highest BCUT2D eigenvalue weighted by atomic mass is 15.2. The van der Waals surface area contributed by atoms with Gasteiger partial charge in [0.15, 0.2) is 7.28 Å². The summed E-state index contributed by atoms with van der Waals surface area (Å²) in [4.78, 5) is 9.04. The Balaban J connectivity index is 1.15. The number of unbranched alkanes of at least 4 members (excludes halogenated alkanes) is 1. The molecule has 2 aliphatic carbocycles. The number of nitrogens with one attached hydrogen (secondary N) is 1. The molecule has 0 spiro atoms. The van der Waals surface area contributed by atoms with Crippen LogP contribution in [0.15, 0.2) is 218 Å². The number of aromatic amines is 1. The maximum absolute atomic E-state index is 3.99. The quantitative estimate of drug-likeness (QED) is 0.146. The van der Waals surface area contributed by atoms with E-state index in [4.69, 9.17) is 0 Å². The minimum atomic E-state index is -0.276. The zero-order valence-electron chi connectivity index (χ0n) is 40.0. The second kappa shape index (κ2) is 16.9. The number of anilines is 6. The van der Waals surface area contributed by atoms with Gasteiger partial charge in [0.1, 0.15) is 0 Å². The molecule has 3 aliphatic rings. The molecule has 1 aliphatic heterocycles. The largest absolute Gasteiger partial charge is 0.354 e. The third kappa shape index (κ3) is 6.72. The van der Waals surface area contributed by atoms with Crippen LogP contribution in [-0.4, -0.2) is 12.3 Å². The highest BCUT2D eigenvalue weighted by molar-refractivity contribution is 6.73. The summed E-state index contributed by atoms with van der Waals surface area (Å²) in [6.45, 7) is 7.15. The summed E-state index contributed by atoms with van der Waals surface area (Å²) >= 11 is 0. The number of rotatable bonds is 9. The molecule has 0 saturated heterocycles. The first kappa shape index (κ1) is 42.1. The Bertz CT molecular complexity index is 3740. The normalized spacial score (nSPS) is 14.4. The first-order valence-electron chi connectivity index (χ1n) is 25.1. The van der Waals surface area contributed by atoms with E-state index in [1.54, 1.807) is 0 Å². The van der Waals surface area contributed by atoms with Crippen molar-refractivity contribution in [3.63, 3.8) is 0 Å². The number of benzene rings is 9. The molecule has 1 aromatic heterocycles. The lowest BCUT2D eigenvalue weighted by atomic mass is 9.57. The SMILES string of the molecule is CCCCc1ccc(N2c3cc(N(c4ccccc4)c4ccccc4)ccc3[B]c3c(-c4cccc5c4[nH]c4ccc6ccccc6c45)cc4c(c32)C2=C(C=CCC=C2)C4(C)C)c(-c2ccccc2)c1. The smallest absolute Gasteiger partial charge is 0.197 e. The van der Waals surface area contributed by atoms with Gasteiger partial charge in [-0.1, -0.05) is 184 Å². The van der Waals surface area contributed by atoms with Crippen LogP contribution in [-0.2, 0) is 11.8 Å². The summed E-state index contributed by atoms with van der Waals surface area (Å²) in [7, 11) is 2.49. The molecule has 3 nitrogen and oxygen atoms in total. The summed E-state index contributed by atoms with van der Waals surface area (Å²) in [6, 6.07) is 69.8. The summed E-state index contributed by atoms with van der Waals surface area (Å²) < 4.78 is 0. The van der Waals surface area contributed by atoms with Gasteiger partial charge in [0.25, 0.3) is 0 Å². The molecule has 335 valence electrons. The van der Waals surface area contributed by atoms with E-state index in [1.807, 2.05) is 0 Å². The summed E-state index contributed by atoms with van der Waals surface area (Å²) in [5.41, 5.74) is 22.8. The van der Waals surface area contributed by atoms with Crippen LogP contribution in [0.5, 0.6) is 0 Å². The average Bonchev–Trinajstić information content (AvgIpc) is 3.75. The Morgan fingerprint density at radius 3 is 2.13 bits per heavy atom. The van der Waals surface area contributed by atoms with Gasteiger partial charge in [-0.05, 0) is 130 Å². The van der Waals surface area contributed by atoms with E-state index < -0.39 is 0 Å². The molecule has 9 aromatic carbocycles. The second-order valence-electron chi connectivity index (χ2n) is 19.7. The van der Waals surface area contributed by atoms with Crippen LogP contribution in [0.2, 0.25) is 0 Å². The van der Waals surface area contributed by atoms with Crippen molar-refractivity contribution in [2.24, 2.45) is 0 Å². The van der Waals surface area contributed by atoms with Gasteiger partial charge < -0.3 is 14.8 Å². The van der Waals surface area contributed by atoms with Gasteiger partial charge in [0.2, 0.25) is 0 Å². The Kier molecular flexibility index (Phi) is 10.1. The summed E-state index contributed by atoms with van der Waals surface area (Å²) in [5.74, 6) is 0. The van der Waals surface area contributed by atoms with Crippen LogP contribution < -0.4 is 20.7 Å². The Morgan fingerprint density at radius 2 is 1.34 bits per heavy atom. The number of hydrogen-bond donors (Lipinski definition) is 1. The van der Waals surface area contributed by atoms with Gasteiger partial charge in [0, 0.05) is 66.8 Å². The van der Waals surface area contributed by atoms with E-state index in [1.165, 1.54) is 93.9 Å². The molecule has 0 unspecified atom stereocenters. The van der Waals surface area contributed by atoms with Crippen LogP contribution in [0.3, 0.4) is 0 Å². The van der Waals surface area contributed by atoms with Crippen LogP contribution in [0.25, 0.3) is 60.4 Å². The Morgan fingerprint density at radius 1 is 0.614 bits per heavy atom. The van der Waals surface area contributed by atoms with Gasteiger partial charge in [-0.3, -0.25) is 0 Å². The van der Waals surface area contributed by atoms with Crippen LogP contribution in [0.4, 0.5) is 34.1 Å². The maximum Gasteiger partial charge on any atom is 0.197 e. The predicted molar refractivity (Wildman–Crippen MR) is 300 cm³/mol. The molecule has 0 fully saturated rings. The highest BCUT2D eigenvalue weighted by Gasteiger charge is 2.43. The lowest BCUT2D eigenvalue weighted by Crippen LogP contribution is -2.42. The molecule has 70 heavy (non-hydrogen) atoms. The van der Waals surface area contributed by atoms with Crippen molar-refractivity contribution in [3.05, 3.63) is 235 Å². The van der Waals surface area contributed by atoms with Crippen molar-refractivity contribution < 1.29 is 0 Å². The number of H-pyrrole nitrogens is 1. The maximum atomic E-state index is 3.99. The highest BCUT2D eigenvalue weighted by Crippen LogP contribution is 2.56.